The molecule has 2 heterocycles. The molecule has 0 spiro atoms. The fourth-order valence-electron chi connectivity index (χ4n) is 2.79. The van der Waals surface area contributed by atoms with Gasteiger partial charge in [0.1, 0.15) is 11.5 Å². The maximum atomic E-state index is 14.6. The lowest BCUT2D eigenvalue weighted by molar-refractivity contribution is -0.117. The van der Waals surface area contributed by atoms with Gasteiger partial charge in [0.25, 0.3) is 0 Å². The molecule has 1 aliphatic carbocycles. The minimum Gasteiger partial charge on any atom is -0.309 e. The van der Waals surface area contributed by atoms with E-state index in [2.05, 4.69) is 20.3 Å². The van der Waals surface area contributed by atoms with Crippen molar-refractivity contribution < 1.29 is 13.6 Å². The number of rotatable bonds is 4. The highest BCUT2D eigenvalue weighted by Crippen LogP contribution is 2.34. The molecule has 7 heteroatoms. The second-order valence-corrected chi connectivity index (χ2v) is 6.55. The summed E-state index contributed by atoms with van der Waals surface area (Å²) in [5.74, 6) is -1.02. The molecule has 0 atom stereocenters. The topological polar surface area (TPSA) is 67.8 Å². The first-order valence-corrected chi connectivity index (χ1v) is 8.57. The Bertz CT molecular complexity index is 1030. The number of hydrogen-bond acceptors (Lipinski definition) is 4. The number of nitrogens with one attached hydrogen (secondary N) is 1. The monoisotopic (exact) mass is 366 g/mol. The highest BCUT2D eigenvalue weighted by molar-refractivity contribution is 5.93. The van der Waals surface area contributed by atoms with Crippen molar-refractivity contribution in [2.24, 2.45) is 5.92 Å². The average Bonchev–Trinajstić information content (AvgIpc) is 3.48. The second-order valence-electron chi connectivity index (χ2n) is 6.55. The fraction of sp³-hybridized carbons (Fsp3) is 0.200. The van der Waals surface area contributed by atoms with Crippen molar-refractivity contribution in [2.75, 3.05) is 5.32 Å². The van der Waals surface area contributed by atoms with Gasteiger partial charge in [0.05, 0.1) is 18.1 Å². The standard InChI is InChI=1S/C20H16F2N4O/c1-11-2-5-13(15(21)8-11)19-18(14-6-7-23-9-16(14)22)24-10-17(25-19)26-20(27)12-3-4-12/h2,5-10,12H,3-4H2,1H3,(H,25,26,27). The van der Waals surface area contributed by atoms with Gasteiger partial charge in [-0.05, 0) is 43.5 Å². The first-order valence-electron chi connectivity index (χ1n) is 8.57. The first kappa shape index (κ1) is 17.2. The van der Waals surface area contributed by atoms with E-state index in [1.165, 1.54) is 24.5 Å². The van der Waals surface area contributed by atoms with Crippen LogP contribution in [0.25, 0.3) is 22.5 Å². The Labute approximate surface area is 154 Å². The Morgan fingerprint density at radius 1 is 1.07 bits per heavy atom. The molecule has 3 aromatic rings. The van der Waals surface area contributed by atoms with Gasteiger partial charge in [-0.2, -0.15) is 0 Å². The van der Waals surface area contributed by atoms with E-state index in [-0.39, 0.29) is 40.2 Å². The number of carbonyl (C=O) groups excluding carboxylic acids is 1. The zero-order chi connectivity index (χ0) is 19.0. The largest absolute Gasteiger partial charge is 0.309 e. The number of carbonyl (C=O) groups is 1. The van der Waals surface area contributed by atoms with E-state index in [0.29, 0.717) is 0 Å². The molecule has 0 bridgehead atoms. The number of anilines is 1. The van der Waals surface area contributed by atoms with E-state index in [1.807, 2.05) is 0 Å². The van der Waals surface area contributed by atoms with E-state index in [1.54, 1.807) is 19.1 Å². The van der Waals surface area contributed by atoms with Crippen LogP contribution in [0.1, 0.15) is 18.4 Å². The van der Waals surface area contributed by atoms with Crippen LogP contribution in [0.15, 0.2) is 42.9 Å². The predicted molar refractivity (Wildman–Crippen MR) is 96.7 cm³/mol. The Balaban J connectivity index is 1.85. The van der Waals surface area contributed by atoms with Gasteiger partial charge in [0.2, 0.25) is 5.91 Å². The summed E-state index contributed by atoms with van der Waals surface area (Å²) in [6.07, 6.45) is 5.54. The highest BCUT2D eigenvalue weighted by Gasteiger charge is 2.30. The van der Waals surface area contributed by atoms with Crippen LogP contribution in [-0.2, 0) is 4.79 Å². The number of pyridine rings is 1. The maximum absolute atomic E-state index is 14.6. The normalized spacial score (nSPS) is 13.4. The van der Waals surface area contributed by atoms with Gasteiger partial charge in [-0.15, -0.1) is 0 Å². The van der Waals surface area contributed by atoms with Crippen LogP contribution in [0.2, 0.25) is 0 Å². The number of benzene rings is 1. The molecule has 0 saturated heterocycles. The minimum atomic E-state index is -0.588. The molecule has 0 unspecified atom stereocenters. The van der Waals surface area contributed by atoms with Crippen molar-refractivity contribution in [1.29, 1.82) is 0 Å². The Morgan fingerprint density at radius 2 is 1.85 bits per heavy atom. The lowest BCUT2D eigenvalue weighted by Crippen LogP contribution is -2.15. The molecule has 5 nitrogen and oxygen atoms in total. The number of halogens is 2. The minimum absolute atomic E-state index is 0.0105. The molecular formula is C20H16F2N4O. The number of aromatic nitrogens is 3. The molecule has 136 valence electrons. The van der Waals surface area contributed by atoms with Crippen LogP contribution < -0.4 is 5.32 Å². The van der Waals surface area contributed by atoms with E-state index in [4.69, 9.17) is 0 Å². The zero-order valence-corrected chi connectivity index (χ0v) is 14.5. The van der Waals surface area contributed by atoms with Gasteiger partial charge >= 0.3 is 0 Å². The van der Waals surface area contributed by atoms with Crippen molar-refractivity contribution in [1.82, 2.24) is 15.0 Å². The van der Waals surface area contributed by atoms with Crippen molar-refractivity contribution in [2.45, 2.75) is 19.8 Å². The summed E-state index contributed by atoms with van der Waals surface area (Å²) in [5, 5.41) is 2.70. The van der Waals surface area contributed by atoms with Gasteiger partial charge < -0.3 is 5.32 Å². The maximum Gasteiger partial charge on any atom is 0.228 e. The molecular weight excluding hydrogens is 350 g/mol. The van der Waals surface area contributed by atoms with Gasteiger partial charge in [0.15, 0.2) is 11.6 Å². The molecule has 4 rings (SSSR count). The first-order chi connectivity index (χ1) is 13.0. The van der Waals surface area contributed by atoms with E-state index >= 15 is 0 Å². The second kappa shape index (κ2) is 6.83. The molecule has 1 saturated carbocycles. The van der Waals surface area contributed by atoms with Crippen LogP contribution in [0.4, 0.5) is 14.6 Å². The molecule has 0 aliphatic heterocycles. The van der Waals surface area contributed by atoms with Gasteiger partial charge in [-0.25, -0.2) is 18.7 Å². The lowest BCUT2D eigenvalue weighted by atomic mass is 10.0. The van der Waals surface area contributed by atoms with E-state index < -0.39 is 11.6 Å². The lowest BCUT2D eigenvalue weighted by Gasteiger charge is -2.12. The zero-order valence-electron chi connectivity index (χ0n) is 14.5. The number of nitrogens with zero attached hydrogens (tertiary/aromatic N) is 3. The van der Waals surface area contributed by atoms with Crippen molar-refractivity contribution >= 4 is 11.7 Å². The summed E-state index contributed by atoms with van der Waals surface area (Å²) < 4.78 is 28.9. The summed E-state index contributed by atoms with van der Waals surface area (Å²) in [7, 11) is 0. The molecule has 1 amide bonds. The SMILES string of the molecule is Cc1ccc(-c2nc(NC(=O)C3CC3)cnc2-c2ccncc2F)c(F)c1. The Morgan fingerprint density at radius 3 is 2.56 bits per heavy atom. The average molecular weight is 366 g/mol. The highest BCUT2D eigenvalue weighted by atomic mass is 19.1. The third-order valence-electron chi connectivity index (χ3n) is 4.38. The van der Waals surface area contributed by atoms with Gasteiger partial charge in [-0.3, -0.25) is 9.78 Å². The predicted octanol–water partition coefficient (Wildman–Crippen LogP) is 4.14. The molecule has 1 aromatic carbocycles. The third kappa shape index (κ3) is 3.53. The van der Waals surface area contributed by atoms with Crippen LogP contribution in [0.3, 0.4) is 0 Å². The summed E-state index contributed by atoms with van der Waals surface area (Å²) >= 11 is 0. The van der Waals surface area contributed by atoms with Gasteiger partial charge in [-0.1, -0.05) is 6.07 Å². The Kier molecular flexibility index (Phi) is 4.35. The van der Waals surface area contributed by atoms with E-state index in [0.717, 1.165) is 24.6 Å². The van der Waals surface area contributed by atoms with Crippen LogP contribution >= 0.6 is 0 Å². The number of amides is 1. The number of hydrogen-bond donors (Lipinski definition) is 1. The summed E-state index contributed by atoms with van der Waals surface area (Å²) in [6, 6.07) is 6.14. The summed E-state index contributed by atoms with van der Waals surface area (Å²) in [4.78, 5) is 24.4. The van der Waals surface area contributed by atoms with Crippen molar-refractivity contribution in [3.63, 3.8) is 0 Å². The fourth-order valence-corrected chi connectivity index (χ4v) is 2.79. The van der Waals surface area contributed by atoms with Crippen molar-refractivity contribution in [3.8, 4) is 22.5 Å². The van der Waals surface area contributed by atoms with Crippen LogP contribution in [0, 0.1) is 24.5 Å². The quantitative estimate of drug-likeness (QED) is 0.753. The van der Waals surface area contributed by atoms with Crippen molar-refractivity contribution in [3.05, 3.63) is 60.1 Å². The molecule has 1 fully saturated rings. The molecule has 0 radical (unpaired) electrons. The third-order valence-corrected chi connectivity index (χ3v) is 4.38. The van der Waals surface area contributed by atoms with Gasteiger partial charge in [0, 0.05) is 23.2 Å². The summed E-state index contributed by atoms with van der Waals surface area (Å²) in [5.41, 5.74) is 1.43. The molecule has 1 N–H and O–H groups in total. The smallest absolute Gasteiger partial charge is 0.228 e. The molecule has 1 aliphatic rings. The molecule has 2 aromatic heterocycles. The number of aryl methyl sites for hydroxylation is 1. The molecule has 27 heavy (non-hydrogen) atoms. The van der Waals surface area contributed by atoms with Crippen LogP contribution in [0.5, 0.6) is 0 Å². The van der Waals surface area contributed by atoms with E-state index in [9.17, 15) is 13.6 Å². The summed E-state index contributed by atoms with van der Waals surface area (Å²) in [6.45, 7) is 1.77. The Hall–Kier alpha value is -3.22. The van der Waals surface area contributed by atoms with Crippen LogP contribution in [-0.4, -0.2) is 20.9 Å².